The van der Waals surface area contributed by atoms with Crippen molar-refractivity contribution in [1.82, 2.24) is 4.98 Å². The molecule has 110 valence electrons. The molecule has 0 aliphatic heterocycles. The second-order valence-corrected chi connectivity index (χ2v) is 5.06. The van der Waals surface area contributed by atoms with Crippen LogP contribution in [0.15, 0.2) is 30.3 Å². The second kappa shape index (κ2) is 6.59. The molecular formula is C16H16ClNO3. The van der Waals surface area contributed by atoms with Crippen LogP contribution in [-0.4, -0.2) is 16.1 Å². The number of hydrogen-bond acceptors (Lipinski definition) is 3. The summed E-state index contributed by atoms with van der Waals surface area (Å²) in [4.78, 5) is 15.3. The average Bonchev–Trinajstić information content (AvgIpc) is 2.46. The number of aromatic nitrogens is 1. The molecule has 0 saturated heterocycles. The number of hydrogen-bond donors (Lipinski definition) is 1. The van der Waals surface area contributed by atoms with Gasteiger partial charge in [0, 0.05) is 16.3 Å². The highest BCUT2D eigenvalue weighted by molar-refractivity contribution is 6.31. The SMILES string of the molecule is CCc1nc(C)ccc1OCc1ccc(C(=O)O)cc1Cl. The van der Waals surface area contributed by atoms with Gasteiger partial charge in [0.05, 0.1) is 11.3 Å². The molecule has 1 heterocycles. The molecule has 2 aromatic rings. The number of rotatable bonds is 5. The number of halogens is 1. The van der Waals surface area contributed by atoms with E-state index in [4.69, 9.17) is 21.4 Å². The lowest BCUT2D eigenvalue weighted by Crippen LogP contribution is -2.03. The van der Waals surface area contributed by atoms with Crippen molar-refractivity contribution in [1.29, 1.82) is 0 Å². The Bertz CT molecular complexity index is 671. The van der Waals surface area contributed by atoms with E-state index in [1.165, 1.54) is 12.1 Å². The number of ether oxygens (including phenoxy) is 1. The molecule has 0 unspecified atom stereocenters. The maximum atomic E-state index is 10.9. The fourth-order valence-electron chi connectivity index (χ4n) is 1.94. The van der Waals surface area contributed by atoms with Gasteiger partial charge in [0.2, 0.25) is 0 Å². The van der Waals surface area contributed by atoms with Crippen LogP contribution in [0.5, 0.6) is 5.75 Å². The Morgan fingerprint density at radius 2 is 2.10 bits per heavy atom. The Kier molecular flexibility index (Phi) is 4.81. The maximum Gasteiger partial charge on any atom is 0.335 e. The van der Waals surface area contributed by atoms with Gasteiger partial charge in [-0.3, -0.25) is 4.98 Å². The summed E-state index contributed by atoms with van der Waals surface area (Å²) >= 11 is 6.08. The van der Waals surface area contributed by atoms with E-state index < -0.39 is 5.97 Å². The van der Waals surface area contributed by atoms with Crippen molar-refractivity contribution in [2.24, 2.45) is 0 Å². The minimum atomic E-state index is -1.000. The van der Waals surface area contributed by atoms with E-state index in [2.05, 4.69) is 4.98 Å². The van der Waals surface area contributed by atoms with Crippen LogP contribution in [-0.2, 0) is 13.0 Å². The minimum Gasteiger partial charge on any atom is -0.487 e. The predicted molar refractivity (Wildman–Crippen MR) is 81.1 cm³/mol. The minimum absolute atomic E-state index is 0.162. The van der Waals surface area contributed by atoms with Crippen molar-refractivity contribution in [3.63, 3.8) is 0 Å². The van der Waals surface area contributed by atoms with E-state index in [9.17, 15) is 4.79 Å². The van der Waals surface area contributed by atoms with Crippen LogP contribution in [0.1, 0.15) is 34.2 Å². The lowest BCUT2D eigenvalue weighted by atomic mass is 10.1. The van der Waals surface area contributed by atoms with Crippen LogP contribution in [0.25, 0.3) is 0 Å². The first kappa shape index (κ1) is 15.3. The van der Waals surface area contributed by atoms with Gasteiger partial charge in [-0.2, -0.15) is 0 Å². The largest absolute Gasteiger partial charge is 0.487 e. The molecule has 4 nitrogen and oxygen atoms in total. The number of pyridine rings is 1. The smallest absolute Gasteiger partial charge is 0.335 e. The third-order valence-corrected chi connectivity index (χ3v) is 3.44. The summed E-state index contributed by atoms with van der Waals surface area (Å²) in [6, 6.07) is 8.39. The predicted octanol–water partition coefficient (Wildman–Crippen LogP) is 3.88. The Balaban J connectivity index is 2.15. The van der Waals surface area contributed by atoms with Gasteiger partial charge in [0.1, 0.15) is 12.4 Å². The molecule has 0 fully saturated rings. The third kappa shape index (κ3) is 3.73. The first-order valence-electron chi connectivity index (χ1n) is 6.62. The van der Waals surface area contributed by atoms with Crippen LogP contribution in [0, 0.1) is 6.92 Å². The highest BCUT2D eigenvalue weighted by Gasteiger charge is 2.09. The van der Waals surface area contributed by atoms with Crippen molar-refractivity contribution in [3.05, 3.63) is 57.9 Å². The molecule has 0 bridgehead atoms. The first-order valence-corrected chi connectivity index (χ1v) is 7.00. The molecule has 1 N–H and O–H groups in total. The Hall–Kier alpha value is -2.07. The zero-order valence-electron chi connectivity index (χ0n) is 11.9. The fraction of sp³-hybridized carbons (Fsp3) is 0.250. The van der Waals surface area contributed by atoms with E-state index in [0.717, 1.165) is 29.1 Å². The van der Waals surface area contributed by atoms with E-state index in [-0.39, 0.29) is 12.2 Å². The molecule has 2 rings (SSSR count). The molecule has 1 aromatic carbocycles. The molecular weight excluding hydrogens is 290 g/mol. The van der Waals surface area contributed by atoms with Gasteiger partial charge in [-0.05, 0) is 37.6 Å². The molecule has 0 aliphatic rings. The van der Waals surface area contributed by atoms with Crippen LogP contribution in [0.3, 0.4) is 0 Å². The molecule has 1 aromatic heterocycles. The highest BCUT2D eigenvalue weighted by atomic mass is 35.5. The van der Waals surface area contributed by atoms with Crippen molar-refractivity contribution in [3.8, 4) is 5.75 Å². The summed E-state index contributed by atoms with van der Waals surface area (Å²) in [6.45, 7) is 4.23. The summed E-state index contributed by atoms with van der Waals surface area (Å²) in [5, 5.41) is 9.29. The average molecular weight is 306 g/mol. The summed E-state index contributed by atoms with van der Waals surface area (Å²) in [5.41, 5.74) is 2.75. The van der Waals surface area contributed by atoms with Gasteiger partial charge in [0.15, 0.2) is 0 Å². The number of carboxylic acids is 1. The van der Waals surface area contributed by atoms with Gasteiger partial charge in [0.25, 0.3) is 0 Å². The van der Waals surface area contributed by atoms with Gasteiger partial charge < -0.3 is 9.84 Å². The number of aryl methyl sites for hydroxylation is 2. The normalized spacial score (nSPS) is 10.4. The summed E-state index contributed by atoms with van der Waals surface area (Å²) in [7, 11) is 0. The maximum absolute atomic E-state index is 10.9. The topological polar surface area (TPSA) is 59.4 Å². The number of carbonyl (C=O) groups is 1. The van der Waals surface area contributed by atoms with E-state index >= 15 is 0 Å². The number of benzene rings is 1. The van der Waals surface area contributed by atoms with Crippen LogP contribution >= 0.6 is 11.6 Å². The first-order chi connectivity index (χ1) is 10.0. The van der Waals surface area contributed by atoms with Crippen molar-refractivity contribution < 1.29 is 14.6 Å². The van der Waals surface area contributed by atoms with Gasteiger partial charge in [-0.15, -0.1) is 0 Å². The number of nitrogens with zero attached hydrogens (tertiary/aromatic N) is 1. The number of aromatic carboxylic acids is 1. The van der Waals surface area contributed by atoms with Crippen LogP contribution < -0.4 is 4.74 Å². The monoisotopic (exact) mass is 305 g/mol. The second-order valence-electron chi connectivity index (χ2n) is 4.65. The summed E-state index contributed by atoms with van der Waals surface area (Å²) < 4.78 is 5.76. The van der Waals surface area contributed by atoms with Gasteiger partial charge in [-0.25, -0.2) is 4.79 Å². The van der Waals surface area contributed by atoms with E-state index in [0.29, 0.717) is 5.02 Å². The molecule has 0 radical (unpaired) electrons. The van der Waals surface area contributed by atoms with Crippen molar-refractivity contribution in [2.75, 3.05) is 0 Å². The standard InChI is InChI=1S/C16H16ClNO3/c1-3-14-15(7-4-10(2)18-14)21-9-12-6-5-11(16(19)20)8-13(12)17/h4-8H,3,9H2,1-2H3,(H,19,20). The van der Waals surface area contributed by atoms with Crippen molar-refractivity contribution >= 4 is 17.6 Å². The van der Waals surface area contributed by atoms with Crippen LogP contribution in [0.4, 0.5) is 0 Å². The van der Waals surface area contributed by atoms with Gasteiger partial charge in [-0.1, -0.05) is 24.6 Å². The summed E-state index contributed by atoms with van der Waals surface area (Å²) in [5.74, 6) is -0.276. The van der Waals surface area contributed by atoms with E-state index in [1.54, 1.807) is 6.07 Å². The van der Waals surface area contributed by atoms with E-state index in [1.807, 2.05) is 26.0 Å². The Morgan fingerprint density at radius 1 is 1.33 bits per heavy atom. The number of carboxylic acid groups (broad SMARTS) is 1. The molecule has 0 amide bonds. The van der Waals surface area contributed by atoms with Gasteiger partial charge >= 0.3 is 5.97 Å². The Morgan fingerprint density at radius 3 is 2.71 bits per heavy atom. The molecule has 0 saturated carbocycles. The molecule has 5 heteroatoms. The molecule has 21 heavy (non-hydrogen) atoms. The zero-order chi connectivity index (χ0) is 15.4. The summed E-state index contributed by atoms with van der Waals surface area (Å²) in [6.07, 6.45) is 0.780. The Labute approximate surface area is 128 Å². The van der Waals surface area contributed by atoms with Crippen molar-refractivity contribution in [2.45, 2.75) is 26.9 Å². The van der Waals surface area contributed by atoms with Crippen LogP contribution in [0.2, 0.25) is 5.02 Å². The molecule has 0 aliphatic carbocycles. The quantitative estimate of drug-likeness (QED) is 0.910. The lowest BCUT2D eigenvalue weighted by Gasteiger charge is -2.11. The fourth-order valence-corrected chi connectivity index (χ4v) is 2.17. The third-order valence-electron chi connectivity index (χ3n) is 3.09. The highest BCUT2D eigenvalue weighted by Crippen LogP contribution is 2.22. The lowest BCUT2D eigenvalue weighted by molar-refractivity contribution is 0.0697. The molecule has 0 spiro atoms. The zero-order valence-corrected chi connectivity index (χ0v) is 12.6. The molecule has 0 atom stereocenters.